The van der Waals surface area contributed by atoms with Crippen molar-refractivity contribution in [2.45, 2.75) is 87.0 Å². The maximum atomic E-state index is 14.0. The van der Waals surface area contributed by atoms with Gasteiger partial charge in [0, 0.05) is 50.8 Å². The Morgan fingerprint density at radius 1 is 1.00 bits per heavy atom. The van der Waals surface area contributed by atoms with Crippen molar-refractivity contribution in [3.8, 4) is 5.69 Å². The second-order valence-electron chi connectivity index (χ2n) is 12.2. The first-order valence-electron chi connectivity index (χ1n) is 16.1. The molecule has 0 N–H and O–H groups in total. The van der Waals surface area contributed by atoms with Crippen LogP contribution in [0.2, 0.25) is 0 Å². The third-order valence-corrected chi connectivity index (χ3v) is 12.5. The number of benzene rings is 2. The molecule has 0 spiro atoms. The van der Waals surface area contributed by atoms with Crippen LogP contribution >= 0.6 is 11.8 Å². The number of nitrogens with zero attached hydrogens (tertiary/aromatic N) is 4. The van der Waals surface area contributed by atoms with Crippen molar-refractivity contribution >= 4 is 27.8 Å². The highest BCUT2D eigenvalue weighted by Crippen LogP contribution is 2.34. The van der Waals surface area contributed by atoms with Gasteiger partial charge >= 0.3 is 5.97 Å². The predicted molar refractivity (Wildman–Crippen MR) is 176 cm³/mol. The predicted octanol–water partition coefficient (Wildman–Crippen LogP) is 4.73. The number of likely N-dealkylation sites (tertiary alicyclic amines) is 1. The zero-order chi connectivity index (χ0) is 31.4. The van der Waals surface area contributed by atoms with E-state index in [2.05, 4.69) is 4.90 Å². The lowest BCUT2D eigenvalue weighted by Crippen LogP contribution is -2.58. The maximum Gasteiger partial charge on any atom is 0.306 e. The molecule has 6 rings (SSSR count). The van der Waals surface area contributed by atoms with Crippen LogP contribution in [0.25, 0.3) is 5.69 Å². The fourth-order valence-corrected chi connectivity index (χ4v) is 9.66. The van der Waals surface area contributed by atoms with Crippen LogP contribution in [-0.2, 0) is 45.5 Å². The number of fused-ring (bicyclic) bond motifs is 1. The molecule has 0 amide bonds. The standard InChI is InChI=1S/C34H42N4O5S2/c1-2-43-32(39)18-17-25-13-15-26(16-14-25)21-36-22-29(23-36)45(41,42)37-20-19-31-30(24-37)33(40)38(27-9-5-3-6-10-27)34(35-31)44-28-11-7-4-8-12-28/h3,5-6,9-10,13-16,28-29H,2,4,7-8,11-12,17-24H2,1H3. The summed E-state index contributed by atoms with van der Waals surface area (Å²) in [6, 6.07) is 17.7. The maximum absolute atomic E-state index is 14.0. The van der Waals surface area contributed by atoms with Crippen molar-refractivity contribution in [3.05, 3.63) is 87.3 Å². The number of thioether (sulfide) groups is 1. The minimum atomic E-state index is -3.58. The highest BCUT2D eigenvalue weighted by atomic mass is 32.2. The Bertz CT molecular complexity index is 1650. The summed E-state index contributed by atoms with van der Waals surface area (Å²) < 4.78 is 35.6. The minimum Gasteiger partial charge on any atom is -0.466 e. The number of ether oxygens (including phenoxy) is 1. The smallest absolute Gasteiger partial charge is 0.306 e. The number of hydrogen-bond acceptors (Lipinski definition) is 8. The van der Waals surface area contributed by atoms with E-state index in [-0.39, 0.29) is 18.1 Å². The largest absolute Gasteiger partial charge is 0.466 e. The van der Waals surface area contributed by atoms with Gasteiger partial charge in [-0.1, -0.05) is 73.5 Å². The van der Waals surface area contributed by atoms with E-state index in [1.165, 1.54) is 23.6 Å². The van der Waals surface area contributed by atoms with Gasteiger partial charge < -0.3 is 4.74 Å². The first-order valence-corrected chi connectivity index (χ1v) is 18.5. The van der Waals surface area contributed by atoms with Gasteiger partial charge in [0.2, 0.25) is 10.0 Å². The summed E-state index contributed by atoms with van der Waals surface area (Å²) in [4.78, 5) is 32.8. The summed E-state index contributed by atoms with van der Waals surface area (Å²) in [7, 11) is -3.58. The molecule has 1 aromatic heterocycles. The third-order valence-electron chi connectivity index (χ3n) is 9.06. The molecule has 240 valence electrons. The van der Waals surface area contributed by atoms with E-state index in [0.29, 0.717) is 62.9 Å². The Morgan fingerprint density at radius 2 is 1.71 bits per heavy atom. The molecule has 1 saturated heterocycles. The van der Waals surface area contributed by atoms with E-state index < -0.39 is 15.3 Å². The van der Waals surface area contributed by atoms with E-state index in [1.54, 1.807) is 23.3 Å². The molecule has 11 heteroatoms. The Labute approximate surface area is 270 Å². The lowest BCUT2D eigenvalue weighted by atomic mass is 10.0. The van der Waals surface area contributed by atoms with Gasteiger partial charge in [-0.3, -0.25) is 19.1 Å². The number of esters is 1. The number of sulfonamides is 1. The molecule has 1 saturated carbocycles. The zero-order valence-corrected chi connectivity index (χ0v) is 27.5. The van der Waals surface area contributed by atoms with Crippen molar-refractivity contribution < 1.29 is 17.9 Å². The Morgan fingerprint density at radius 3 is 2.42 bits per heavy atom. The average molecular weight is 651 g/mol. The number of aromatic nitrogens is 2. The fourth-order valence-electron chi connectivity index (χ4n) is 6.46. The first-order chi connectivity index (χ1) is 21.8. The average Bonchev–Trinajstić information content (AvgIpc) is 3.03. The number of aryl methyl sites for hydroxylation is 1. The summed E-state index contributed by atoms with van der Waals surface area (Å²) in [5.74, 6) is -0.192. The van der Waals surface area contributed by atoms with E-state index in [0.717, 1.165) is 40.5 Å². The number of carbonyl (C=O) groups is 1. The molecule has 3 heterocycles. The van der Waals surface area contributed by atoms with Crippen molar-refractivity contribution in [3.63, 3.8) is 0 Å². The number of carbonyl (C=O) groups excluding carboxylic acids is 1. The molecule has 2 aromatic carbocycles. The molecule has 0 unspecified atom stereocenters. The van der Waals surface area contributed by atoms with Gasteiger partial charge in [0.05, 0.1) is 23.6 Å². The van der Waals surface area contributed by atoms with E-state index in [1.807, 2.05) is 54.6 Å². The molecule has 1 aliphatic carbocycles. The highest BCUT2D eigenvalue weighted by molar-refractivity contribution is 7.99. The number of rotatable bonds is 11. The molecule has 2 aliphatic heterocycles. The van der Waals surface area contributed by atoms with Crippen molar-refractivity contribution in [1.29, 1.82) is 0 Å². The Balaban J connectivity index is 1.11. The summed E-state index contributed by atoms with van der Waals surface area (Å²) in [6.07, 6.45) is 7.35. The van der Waals surface area contributed by atoms with Crippen molar-refractivity contribution in [2.24, 2.45) is 0 Å². The van der Waals surface area contributed by atoms with Gasteiger partial charge in [0.15, 0.2) is 5.16 Å². The molecule has 3 aromatic rings. The van der Waals surface area contributed by atoms with Gasteiger partial charge in [-0.2, -0.15) is 4.31 Å². The zero-order valence-electron chi connectivity index (χ0n) is 25.9. The van der Waals surface area contributed by atoms with Gasteiger partial charge in [-0.05, 0) is 49.4 Å². The van der Waals surface area contributed by atoms with E-state index >= 15 is 0 Å². The van der Waals surface area contributed by atoms with Crippen molar-refractivity contribution in [2.75, 3.05) is 26.2 Å². The van der Waals surface area contributed by atoms with Gasteiger partial charge in [-0.25, -0.2) is 13.4 Å². The molecule has 0 atom stereocenters. The minimum absolute atomic E-state index is 0.0640. The van der Waals surface area contributed by atoms with Gasteiger partial charge in [0.25, 0.3) is 5.56 Å². The van der Waals surface area contributed by atoms with E-state index in [9.17, 15) is 18.0 Å². The monoisotopic (exact) mass is 650 g/mol. The quantitative estimate of drug-likeness (QED) is 0.217. The first kappa shape index (κ1) is 32.0. The van der Waals surface area contributed by atoms with Crippen LogP contribution in [0.4, 0.5) is 0 Å². The number of para-hydroxylation sites is 1. The highest BCUT2D eigenvalue weighted by Gasteiger charge is 2.42. The van der Waals surface area contributed by atoms with Gasteiger partial charge in [0.1, 0.15) is 5.25 Å². The summed E-state index contributed by atoms with van der Waals surface area (Å²) in [6.45, 7) is 4.18. The van der Waals surface area contributed by atoms with Gasteiger partial charge in [-0.15, -0.1) is 0 Å². The van der Waals surface area contributed by atoms with Crippen LogP contribution in [-0.4, -0.2) is 69.9 Å². The van der Waals surface area contributed by atoms with Crippen LogP contribution < -0.4 is 5.56 Å². The van der Waals surface area contributed by atoms with E-state index in [4.69, 9.17) is 9.72 Å². The second kappa shape index (κ2) is 14.2. The Kier molecular flexibility index (Phi) is 10.1. The fraction of sp³-hybridized carbons (Fsp3) is 0.500. The summed E-state index contributed by atoms with van der Waals surface area (Å²) >= 11 is 1.70. The molecule has 45 heavy (non-hydrogen) atoms. The Hall–Kier alpha value is -2.99. The van der Waals surface area contributed by atoms with Crippen LogP contribution in [0.3, 0.4) is 0 Å². The number of hydrogen-bond donors (Lipinski definition) is 0. The SMILES string of the molecule is CCOC(=O)CCc1ccc(CN2CC(S(=O)(=O)N3CCc4nc(SC5CCCCC5)n(-c5ccccc5)c(=O)c4C3)C2)cc1. The van der Waals surface area contributed by atoms with Crippen LogP contribution in [0, 0.1) is 0 Å². The normalized spacial score (nSPS) is 18.3. The lowest BCUT2D eigenvalue weighted by Gasteiger charge is -2.41. The summed E-state index contributed by atoms with van der Waals surface area (Å²) in [5, 5.41) is 0.665. The topological polar surface area (TPSA) is 102 Å². The van der Waals surface area contributed by atoms with Crippen LogP contribution in [0.15, 0.2) is 64.5 Å². The molecule has 0 bridgehead atoms. The summed E-state index contributed by atoms with van der Waals surface area (Å²) in [5.41, 5.74) is 4.00. The molecule has 0 radical (unpaired) electrons. The van der Waals surface area contributed by atoms with Crippen molar-refractivity contribution in [1.82, 2.24) is 18.8 Å². The second-order valence-corrected chi connectivity index (χ2v) is 15.7. The molecular formula is C34H42N4O5S2. The van der Waals surface area contributed by atoms with Crippen LogP contribution in [0.1, 0.15) is 67.8 Å². The molecule has 3 aliphatic rings. The third kappa shape index (κ3) is 7.37. The molecule has 9 nitrogen and oxygen atoms in total. The molecule has 2 fully saturated rings. The van der Waals surface area contributed by atoms with Crippen LogP contribution in [0.5, 0.6) is 0 Å². The lowest BCUT2D eigenvalue weighted by molar-refractivity contribution is -0.143. The molecular weight excluding hydrogens is 609 g/mol.